The molecule has 1 heterocycles. The summed E-state index contributed by atoms with van der Waals surface area (Å²) in [5.74, 6) is 0.163. The maximum Gasteiger partial charge on any atom is 0.141 e. The third-order valence-electron chi connectivity index (χ3n) is 1.69. The van der Waals surface area contributed by atoms with Crippen LogP contribution in [0.5, 0.6) is 0 Å². The Bertz CT molecular complexity index is 432. The SMILES string of the molecule is C=c1ccc(C)n/c1=C(O)/C=C\C. The Morgan fingerprint density at radius 3 is 2.85 bits per heavy atom. The number of hydrogen-bond acceptors (Lipinski definition) is 2. The average Bonchev–Trinajstić information content (AvgIpc) is 2.09. The lowest BCUT2D eigenvalue weighted by atomic mass is 10.3. The summed E-state index contributed by atoms with van der Waals surface area (Å²) in [6.45, 7) is 7.51. The second kappa shape index (κ2) is 3.90. The largest absolute Gasteiger partial charge is 0.506 e. The second-order valence-corrected chi connectivity index (χ2v) is 2.85. The number of hydrogen-bond donors (Lipinski definition) is 1. The number of aromatic nitrogens is 1. The fourth-order valence-corrected chi connectivity index (χ4v) is 1.04. The zero-order valence-corrected chi connectivity index (χ0v) is 7.91. The van der Waals surface area contributed by atoms with Crippen molar-refractivity contribution in [2.45, 2.75) is 13.8 Å². The van der Waals surface area contributed by atoms with Gasteiger partial charge in [-0.3, -0.25) is 0 Å². The molecule has 0 spiro atoms. The summed E-state index contributed by atoms with van der Waals surface area (Å²) in [6.07, 6.45) is 3.37. The molecule has 0 aliphatic rings. The van der Waals surface area contributed by atoms with Gasteiger partial charge in [-0.1, -0.05) is 18.7 Å². The molecule has 1 aromatic heterocycles. The molecule has 1 N–H and O–H groups in total. The van der Waals surface area contributed by atoms with Crippen molar-refractivity contribution in [2.24, 2.45) is 0 Å². The highest BCUT2D eigenvalue weighted by Crippen LogP contribution is 1.87. The Kier molecular flexibility index (Phi) is 2.85. The molecule has 13 heavy (non-hydrogen) atoms. The molecule has 0 fully saturated rings. The number of rotatable bonds is 1. The van der Waals surface area contributed by atoms with Crippen molar-refractivity contribution in [1.29, 1.82) is 0 Å². The van der Waals surface area contributed by atoms with E-state index in [-0.39, 0.29) is 5.76 Å². The molecule has 0 amide bonds. The van der Waals surface area contributed by atoms with Crippen LogP contribution in [0.25, 0.3) is 12.3 Å². The summed E-state index contributed by atoms with van der Waals surface area (Å²) in [6, 6.07) is 3.71. The first kappa shape index (κ1) is 9.52. The van der Waals surface area contributed by atoms with E-state index >= 15 is 0 Å². The van der Waals surface area contributed by atoms with Gasteiger partial charge in [0.05, 0.1) is 0 Å². The van der Waals surface area contributed by atoms with Crippen molar-refractivity contribution in [3.8, 4) is 0 Å². The molecule has 0 radical (unpaired) electrons. The summed E-state index contributed by atoms with van der Waals surface area (Å²) in [7, 11) is 0. The van der Waals surface area contributed by atoms with Crippen LogP contribution in [0.4, 0.5) is 0 Å². The molecule has 0 unspecified atom stereocenters. The summed E-state index contributed by atoms with van der Waals surface area (Å²) in [5.41, 5.74) is 0.874. The molecule has 0 aromatic carbocycles. The van der Waals surface area contributed by atoms with E-state index in [2.05, 4.69) is 11.6 Å². The molecule has 0 aliphatic carbocycles. The van der Waals surface area contributed by atoms with Crippen LogP contribution in [0.15, 0.2) is 24.3 Å². The molecule has 2 nitrogen and oxygen atoms in total. The lowest BCUT2D eigenvalue weighted by molar-refractivity contribution is 0.508. The van der Waals surface area contributed by atoms with Crippen LogP contribution in [0.1, 0.15) is 12.6 Å². The fraction of sp³-hybridized carbons (Fsp3) is 0.182. The molecule has 0 aliphatic heterocycles. The van der Waals surface area contributed by atoms with Gasteiger partial charge in [0.1, 0.15) is 11.1 Å². The third-order valence-corrected chi connectivity index (χ3v) is 1.69. The third kappa shape index (κ3) is 2.18. The molecule has 1 rings (SSSR count). The van der Waals surface area contributed by atoms with E-state index in [1.165, 1.54) is 0 Å². The minimum absolute atomic E-state index is 0.163. The predicted octanol–water partition coefficient (Wildman–Crippen LogP) is 1.04. The van der Waals surface area contributed by atoms with Crippen LogP contribution in [0.2, 0.25) is 0 Å². The Balaban J connectivity index is 3.52. The number of allylic oxidation sites excluding steroid dienone is 1. The van der Waals surface area contributed by atoms with Crippen LogP contribution >= 0.6 is 0 Å². The molecule has 0 saturated carbocycles. The van der Waals surface area contributed by atoms with Gasteiger partial charge >= 0.3 is 0 Å². The first-order valence-electron chi connectivity index (χ1n) is 4.13. The zero-order chi connectivity index (χ0) is 9.84. The topological polar surface area (TPSA) is 33.1 Å². The molecular formula is C11H13NO. The standard InChI is InChI=1S/C11H13NO/c1-4-5-10(13)11-8(2)6-7-9(3)12-11/h4-7,13H,2H2,1,3H3/b5-4-,11-10-. The first-order valence-corrected chi connectivity index (χ1v) is 4.13. The minimum Gasteiger partial charge on any atom is -0.506 e. The Hall–Kier alpha value is -1.57. The molecule has 2 heteroatoms. The van der Waals surface area contributed by atoms with Crippen LogP contribution in [-0.4, -0.2) is 10.1 Å². The van der Waals surface area contributed by atoms with E-state index in [1.54, 1.807) is 12.2 Å². The highest BCUT2D eigenvalue weighted by Gasteiger charge is 1.92. The van der Waals surface area contributed by atoms with Gasteiger partial charge in [0, 0.05) is 5.69 Å². The van der Waals surface area contributed by atoms with Crippen molar-refractivity contribution in [2.75, 3.05) is 0 Å². The molecular weight excluding hydrogens is 162 g/mol. The maximum absolute atomic E-state index is 9.55. The van der Waals surface area contributed by atoms with Crippen molar-refractivity contribution >= 4 is 12.3 Å². The van der Waals surface area contributed by atoms with Gasteiger partial charge in [-0.25, -0.2) is 4.98 Å². The highest BCUT2D eigenvalue weighted by atomic mass is 16.3. The van der Waals surface area contributed by atoms with Crippen LogP contribution in [-0.2, 0) is 0 Å². The van der Waals surface area contributed by atoms with Gasteiger partial charge in [0.25, 0.3) is 0 Å². The quantitative estimate of drug-likeness (QED) is 0.692. The molecule has 0 saturated heterocycles. The van der Waals surface area contributed by atoms with E-state index in [4.69, 9.17) is 0 Å². The Morgan fingerprint density at radius 1 is 1.54 bits per heavy atom. The van der Waals surface area contributed by atoms with Gasteiger partial charge in [0.15, 0.2) is 0 Å². The number of aryl methyl sites for hydroxylation is 1. The van der Waals surface area contributed by atoms with E-state index < -0.39 is 0 Å². The molecule has 0 atom stereocenters. The normalized spacial score (nSPS) is 13.4. The highest BCUT2D eigenvalue weighted by molar-refractivity contribution is 5.46. The average molecular weight is 175 g/mol. The second-order valence-electron chi connectivity index (χ2n) is 2.85. The number of pyridine rings is 1. The first-order chi connectivity index (χ1) is 6.15. The lowest BCUT2D eigenvalue weighted by Crippen LogP contribution is -2.29. The molecule has 68 valence electrons. The van der Waals surface area contributed by atoms with Crippen molar-refractivity contribution in [3.05, 3.63) is 40.5 Å². The number of aliphatic hydroxyl groups is 1. The van der Waals surface area contributed by atoms with Gasteiger partial charge in [-0.2, -0.15) is 0 Å². The number of aliphatic hydroxyl groups excluding tert-OH is 1. The van der Waals surface area contributed by atoms with Gasteiger partial charge < -0.3 is 5.11 Å². The van der Waals surface area contributed by atoms with Crippen molar-refractivity contribution < 1.29 is 5.11 Å². The monoisotopic (exact) mass is 175 g/mol. The zero-order valence-electron chi connectivity index (χ0n) is 7.91. The van der Waals surface area contributed by atoms with E-state index in [9.17, 15) is 5.11 Å². The van der Waals surface area contributed by atoms with Crippen molar-refractivity contribution in [1.82, 2.24) is 4.98 Å². The van der Waals surface area contributed by atoms with Crippen LogP contribution < -0.4 is 10.6 Å². The lowest BCUT2D eigenvalue weighted by Gasteiger charge is -1.94. The van der Waals surface area contributed by atoms with Gasteiger partial charge in [-0.05, 0) is 31.2 Å². The minimum atomic E-state index is 0.163. The van der Waals surface area contributed by atoms with E-state index in [0.717, 1.165) is 10.9 Å². The van der Waals surface area contributed by atoms with Gasteiger partial charge in [-0.15, -0.1) is 0 Å². The maximum atomic E-state index is 9.55. The summed E-state index contributed by atoms with van der Waals surface area (Å²) >= 11 is 0. The summed E-state index contributed by atoms with van der Waals surface area (Å²) in [5, 5.41) is 10.8. The fourth-order valence-electron chi connectivity index (χ4n) is 1.04. The van der Waals surface area contributed by atoms with Crippen molar-refractivity contribution in [3.63, 3.8) is 0 Å². The van der Waals surface area contributed by atoms with E-state index in [0.29, 0.717) is 5.35 Å². The smallest absolute Gasteiger partial charge is 0.141 e. The molecule has 1 aromatic rings. The Labute approximate surface area is 77.6 Å². The summed E-state index contributed by atoms with van der Waals surface area (Å²) < 4.78 is 0. The Morgan fingerprint density at radius 2 is 2.23 bits per heavy atom. The van der Waals surface area contributed by atoms with E-state index in [1.807, 2.05) is 26.0 Å². The van der Waals surface area contributed by atoms with Gasteiger partial charge in [0.2, 0.25) is 0 Å². The predicted molar refractivity (Wildman–Crippen MR) is 54.6 cm³/mol. The van der Waals surface area contributed by atoms with Crippen LogP contribution in [0, 0.1) is 6.92 Å². The summed E-state index contributed by atoms with van der Waals surface area (Å²) in [4.78, 5) is 4.19. The molecule has 0 bridgehead atoms. The number of nitrogens with zero attached hydrogens (tertiary/aromatic N) is 1. The van der Waals surface area contributed by atoms with Crippen LogP contribution in [0.3, 0.4) is 0 Å².